The maximum absolute atomic E-state index is 13.8. The molecule has 0 aromatic heterocycles. The molecule has 2 N–H and O–H groups in total. The van der Waals surface area contributed by atoms with Crippen molar-refractivity contribution in [1.29, 1.82) is 0 Å². The molecule has 1 aliphatic carbocycles. The fourth-order valence-corrected chi connectivity index (χ4v) is 2.39. The number of nitrogens with two attached hydrogens (primary N) is 1. The molecule has 88 valence electrons. The van der Waals surface area contributed by atoms with Gasteiger partial charge in [0.05, 0.1) is 5.02 Å². The van der Waals surface area contributed by atoms with Gasteiger partial charge in [-0.1, -0.05) is 31.5 Å². The second kappa shape index (κ2) is 4.01. The van der Waals surface area contributed by atoms with Crippen LogP contribution in [-0.2, 0) is 5.54 Å². The molecule has 0 heterocycles. The van der Waals surface area contributed by atoms with Crippen molar-refractivity contribution in [1.82, 2.24) is 0 Å². The Balaban J connectivity index is 2.48. The molecule has 1 aliphatic rings. The molecule has 3 heteroatoms. The Kier molecular flexibility index (Phi) is 2.97. The SMILES string of the molecule is CC(C)c1cc(C2(N)CCC2)cc(Cl)c1F. The van der Waals surface area contributed by atoms with E-state index in [9.17, 15) is 4.39 Å². The van der Waals surface area contributed by atoms with E-state index in [-0.39, 0.29) is 22.3 Å². The van der Waals surface area contributed by atoms with Crippen LogP contribution in [0.4, 0.5) is 4.39 Å². The third-order valence-electron chi connectivity index (χ3n) is 3.50. The summed E-state index contributed by atoms with van der Waals surface area (Å²) in [5.41, 5.74) is 7.60. The second-order valence-corrected chi connectivity index (χ2v) is 5.43. The van der Waals surface area contributed by atoms with Crippen molar-refractivity contribution >= 4 is 11.6 Å². The highest BCUT2D eigenvalue weighted by Crippen LogP contribution is 2.41. The summed E-state index contributed by atoms with van der Waals surface area (Å²) in [4.78, 5) is 0. The fraction of sp³-hybridized carbons (Fsp3) is 0.538. The first-order valence-corrected chi connectivity index (χ1v) is 6.10. The maximum atomic E-state index is 13.8. The van der Waals surface area contributed by atoms with Gasteiger partial charge in [0.25, 0.3) is 0 Å². The minimum atomic E-state index is -0.302. The topological polar surface area (TPSA) is 26.0 Å². The average molecular weight is 242 g/mol. The molecule has 0 amide bonds. The van der Waals surface area contributed by atoms with Gasteiger partial charge >= 0.3 is 0 Å². The van der Waals surface area contributed by atoms with E-state index in [2.05, 4.69) is 0 Å². The van der Waals surface area contributed by atoms with Gasteiger partial charge in [-0.05, 0) is 42.4 Å². The lowest BCUT2D eigenvalue weighted by Gasteiger charge is -2.39. The molecule has 16 heavy (non-hydrogen) atoms. The molecular formula is C13H17ClFN. The zero-order chi connectivity index (χ0) is 11.9. The van der Waals surface area contributed by atoms with Gasteiger partial charge in [0, 0.05) is 5.54 Å². The summed E-state index contributed by atoms with van der Waals surface area (Å²) in [6.07, 6.45) is 3.07. The predicted octanol–water partition coefficient (Wildman–Crippen LogP) is 3.94. The van der Waals surface area contributed by atoms with Crippen LogP contribution >= 0.6 is 11.6 Å². The second-order valence-electron chi connectivity index (χ2n) is 5.03. The first kappa shape index (κ1) is 11.9. The van der Waals surface area contributed by atoms with E-state index >= 15 is 0 Å². The van der Waals surface area contributed by atoms with Gasteiger partial charge in [-0.3, -0.25) is 0 Å². The van der Waals surface area contributed by atoms with E-state index in [1.54, 1.807) is 6.07 Å². The van der Waals surface area contributed by atoms with Gasteiger partial charge < -0.3 is 5.73 Å². The van der Waals surface area contributed by atoms with Crippen LogP contribution in [0.15, 0.2) is 12.1 Å². The first-order chi connectivity index (χ1) is 7.44. The molecule has 2 rings (SSSR count). The van der Waals surface area contributed by atoms with Crippen LogP contribution in [0, 0.1) is 5.82 Å². The summed E-state index contributed by atoms with van der Waals surface area (Å²) in [6.45, 7) is 3.92. The van der Waals surface area contributed by atoms with Gasteiger partial charge in [0.2, 0.25) is 0 Å². The molecule has 1 aromatic carbocycles. The van der Waals surface area contributed by atoms with E-state index in [1.165, 1.54) is 0 Å². The number of hydrogen-bond acceptors (Lipinski definition) is 1. The highest BCUT2D eigenvalue weighted by Gasteiger charge is 2.35. The molecule has 1 nitrogen and oxygen atoms in total. The lowest BCUT2D eigenvalue weighted by Crippen LogP contribution is -2.43. The van der Waals surface area contributed by atoms with Gasteiger partial charge in [-0.2, -0.15) is 0 Å². The monoisotopic (exact) mass is 241 g/mol. The molecule has 1 aromatic rings. The Bertz CT molecular complexity index is 411. The van der Waals surface area contributed by atoms with Crippen LogP contribution < -0.4 is 5.73 Å². The number of hydrogen-bond donors (Lipinski definition) is 1. The third-order valence-corrected chi connectivity index (χ3v) is 3.77. The van der Waals surface area contributed by atoms with Gasteiger partial charge in [-0.25, -0.2) is 4.39 Å². The molecule has 0 saturated heterocycles. The lowest BCUT2D eigenvalue weighted by molar-refractivity contribution is 0.253. The summed E-state index contributed by atoms with van der Waals surface area (Å²) >= 11 is 5.92. The van der Waals surface area contributed by atoms with Crippen molar-refractivity contribution in [2.45, 2.75) is 44.6 Å². The Labute approximate surface area is 101 Å². The van der Waals surface area contributed by atoms with Gasteiger partial charge in [0.1, 0.15) is 5.82 Å². The third kappa shape index (κ3) is 1.85. The minimum Gasteiger partial charge on any atom is -0.321 e. The predicted molar refractivity (Wildman–Crippen MR) is 65.2 cm³/mol. The normalized spacial score (nSPS) is 18.6. The van der Waals surface area contributed by atoms with E-state index in [1.807, 2.05) is 19.9 Å². The molecule has 0 spiro atoms. The molecule has 0 unspecified atom stereocenters. The van der Waals surface area contributed by atoms with Crippen LogP contribution in [0.1, 0.15) is 50.2 Å². The highest BCUT2D eigenvalue weighted by atomic mass is 35.5. The van der Waals surface area contributed by atoms with E-state index in [4.69, 9.17) is 17.3 Å². The van der Waals surface area contributed by atoms with Crippen LogP contribution in [0.5, 0.6) is 0 Å². The van der Waals surface area contributed by atoms with E-state index in [0.29, 0.717) is 5.56 Å². The van der Waals surface area contributed by atoms with Crippen LogP contribution in [0.2, 0.25) is 5.02 Å². The van der Waals surface area contributed by atoms with Crippen LogP contribution in [0.25, 0.3) is 0 Å². The van der Waals surface area contributed by atoms with Crippen LogP contribution in [-0.4, -0.2) is 0 Å². The van der Waals surface area contributed by atoms with Gasteiger partial charge in [-0.15, -0.1) is 0 Å². The Morgan fingerprint density at radius 3 is 2.44 bits per heavy atom. The van der Waals surface area contributed by atoms with Crippen molar-refractivity contribution in [2.75, 3.05) is 0 Å². The van der Waals surface area contributed by atoms with Crippen molar-refractivity contribution in [3.63, 3.8) is 0 Å². The molecule has 0 aliphatic heterocycles. The zero-order valence-corrected chi connectivity index (χ0v) is 10.4. The zero-order valence-electron chi connectivity index (χ0n) is 9.69. The van der Waals surface area contributed by atoms with Crippen molar-refractivity contribution in [3.05, 3.63) is 34.1 Å². The molecule has 1 fully saturated rings. The molecular weight excluding hydrogens is 225 g/mol. The maximum Gasteiger partial charge on any atom is 0.145 e. The highest BCUT2D eigenvalue weighted by molar-refractivity contribution is 6.30. The Morgan fingerprint density at radius 1 is 1.38 bits per heavy atom. The molecule has 0 radical (unpaired) electrons. The number of halogens is 2. The largest absolute Gasteiger partial charge is 0.321 e. The Morgan fingerprint density at radius 2 is 2.00 bits per heavy atom. The average Bonchev–Trinajstić information content (AvgIpc) is 2.18. The summed E-state index contributed by atoms with van der Waals surface area (Å²) in [5, 5.41) is 0.193. The van der Waals surface area contributed by atoms with Crippen molar-refractivity contribution in [2.24, 2.45) is 5.73 Å². The number of benzene rings is 1. The summed E-state index contributed by atoms with van der Waals surface area (Å²) in [7, 11) is 0. The smallest absolute Gasteiger partial charge is 0.145 e. The molecule has 1 saturated carbocycles. The van der Waals surface area contributed by atoms with Gasteiger partial charge in [0.15, 0.2) is 0 Å². The molecule has 0 atom stereocenters. The summed E-state index contributed by atoms with van der Waals surface area (Å²) in [5.74, 6) is -0.176. The quantitative estimate of drug-likeness (QED) is 0.834. The lowest BCUT2D eigenvalue weighted by atomic mass is 9.72. The van der Waals surface area contributed by atoms with E-state index in [0.717, 1.165) is 24.8 Å². The fourth-order valence-electron chi connectivity index (χ4n) is 2.16. The van der Waals surface area contributed by atoms with Crippen molar-refractivity contribution in [3.8, 4) is 0 Å². The molecule has 0 bridgehead atoms. The summed E-state index contributed by atoms with van der Waals surface area (Å²) < 4.78 is 13.8. The standard InChI is InChI=1S/C13H17ClFN/c1-8(2)10-6-9(7-11(14)12(10)15)13(16)4-3-5-13/h6-8H,3-5,16H2,1-2H3. The van der Waals surface area contributed by atoms with Crippen LogP contribution in [0.3, 0.4) is 0 Å². The van der Waals surface area contributed by atoms with E-state index < -0.39 is 0 Å². The minimum absolute atomic E-state index is 0.126. The number of rotatable bonds is 2. The van der Waals surface area contributed by atoms with Crippen molar-refractivity contribution < 1.29 is 4.39 Å². The first-order valence-electron chi connectivity index (χ1n) is 5.72. The Hall–Kier alpha value is -0.600. The summed E-state index contributed by atoms with van der Waals surface area (Å²) in [6, 6.07) is 3.56.